The van der Waals surface area contributed by atoms with E-state index in [-0.39, 0.29) is 5.91 Å². The van der Waals surface area contributed by atoms with Gasteiger partial charge in [-0.2, -0.15) is 0 Å². The number of rotatable bonds is 5. The summed E-state index contributed by atoms with van der Waals surface area (Å²) in [6.45, 7) is 6.69. The van der Waals surface area contributed by atoms with Gasteiger partial charge in [-0.25, -0.2) is 4.98 Å². The molecule has 0 aliphatic carbocycles. The van der Waals surface area contributed by atoms with Gasteiger partial charge >= 0.3 is 0 Å². The van der Waals surface area contributed by atoms with E-state index in [1.165, 1.54) is 6.42 Å². The molecule has 134 valence electrons. The molecule has 4 nitrogen and oxygen atoms in total. The van der Waals surface area contributed by atoms with Crippen LogP contribution in [0.5, 0.6) is 0 Å². The predicted octanol–water partition coefficient (Wildman–Crippen LogP) is 4.66. The molecule has 0 radical (unpaired) electrons. The second-order valence-electron chi connectivity index (χ2n) is 6.89. The minimum absolute atomic E-state index is 0.0936. The van der Waals surface area contributed by atoms with Gasteiger partial charge in [-0.05, 0) is 49.9 Å². The van der Waals surface area contributed by atoms with Crippen molar-refractivity contribution in [1.29, 1.82) is 0 Å². The van der Waals surface area contributed by atoms with Gasteiger partial charge in [0.05, 0.1) is 0 Å². The van der Waals surface area contributed by atoms with Gasteiger partial charge in [0.25, 0.3) is 5.91 Å². The van der Waals surface area contributed by atoms with Crippen molar-refractivity contribution in [2.45, 2.75) is 52.0 Å². The normalized spacial score (nSPS) is 17.7. The summed E-state index contributed by atoms with van der Waals surface area (Å²) in [6.07, 6.45) is 8.38. The molecule has 0 spiro atoms. The monoisotopic (exact) mass is 359 g/mol. The number of aromatic nitrogens is 2. The van der Waals surface area contributed by atoms with Crippen LogP contribution in [0.25, 0.3) is 0 Å². The standard InChI is InChI=1S/C20H26ClN3O/c1-3-4-10-23-12-9-22-19(23)17-6-5-11-24(14-17)20(25)16-7-8-18(21)15(2)13-16/h7-9,12-13,17H,3-6,10-11,14H2,1-2H3/t17-/m0/s1. The molecule has 0 unspecified atom stereocenters. The average Bonchev–Trinajstić information content (AvgIpc) is 3.10. The molecule has 2 aromatic rings. The number of carbonyl (C=O) groups is 1. The highest BCUT2D eigenvalue weighted by Gasteiger charge is 2.28. The quantitative estimate of drug-likeness (QED) is 0.778. The van der Waals surface area contributed by atoms with Crippen LogP contribution in [-0.4, -0.2) is 33.4 Å². The van der Waals surface area contributed by atoms with E-state index < -0.39 is 0 Å². The van der Waals surface area contributed by atoms with Crippen LogP contribution in [0.15, 0.2) is 30.6 Å². The highest BCUT2D eigenvalue weighted by Crippen LogP contribution is 2.27. The number of halogens is 1. The summed E-state index contributed by atoms with van der Waals surface area (Å²) in [7, 11) is 0. The van der Waals surface area contributed by atoms with E-state index in [1.54, 1.807) is 0 Å². The molecular formula is C20H26ClN3O. The van der Waals surface area contributed by atoms with E-state index >= 15 is 0 Å². The average molecular weight is 360 g/mol. The van der Waals surface area contributed by atoms with Crippen molar-refractivity contribution in [2.24, 2.45) is 0 Å². The lowest BCUT2D eigenvalue weighted by molar-refractivity contribution is 0.0703. The molecule has 1 saturated heterocycles. The van der Waals surface area contributed by atoms with Crippen LogP contribution in [0.2, 0.25) is 5.02 Å². The Bertz CT molecular complexity index is 740. The van der Waals surface area contributed by atoms with E-state index in [2.05, 4.69) is 22.7 Å². The highest BCUT2D eigenvalue weighted by molar-refractivity contribution is 6.31. The number of hydrogen-bond donors (Lipinski definition) is 0. The first kappa shape index (κ1) is 18.0. The fourth-order valence-electron chi connectivity index (χ4n) is 3.53. The third-order valence-corrected chi connectivity index (χ3v) is 5.40. The molecule has 2 heterocycles. The van der Waals surface area contributed by atoms with Gasteiger partial charge in [-0.1, -0.05) is 24.9 Å². The summed E-state index contributed by atoms with van der Waals surface area (Å²) in [6, 6.07) is 5.52. The largest absolute Gasteiger partial charge is 0.338 e. The lowest BCUT2D eigenvalue weighted by atomic mass is 9.96. The molecule has 1 aromatic carbocycles. The van der Waals surface area contributed by atoms with Crippen molar-refractivity contribution >= 4 is 17.5 Å². The topological polar surface area (TPSA) is 38.1 Å². The molecule has 25 heavy (non-hydrogen) atoms. The second kappa shape index (κ2) is 8.05. The first-order valence-electron chi connectivity index (χ1n) is 9.16. The number of amides is 1. The minimum atomic E-state index is 0.0936. The summed E-state index contributed by atoms with van der Waals surface area (Å²) in [5, 5.41) is 0.700. The Kier molecular flexibility index (Phi) is 5.79. The van der Waals surface area contributed by atoms with E-state index in [0.29, 0.717) is 10.9 Å². The summed E-state index contributed by atoms with van der Waals surface area (Å²) in [5.41, 5.74) is 1.66. The van der Waals surface area contributed by atoms with Gasteiger partial charge < -0.3 is 9.47 Å². The predicted molar refractivity (Wildman–Crippen MR) is 101 cm³/mol. The molecule has 3 rings (SSSR count). The number of unbranched alkanes of at least 4 members (excludes halogenated alkanes) is 1. The molecule has 5 heteroatoms. The number of piperidine rings is 1. The van der Waals surface area contributed by atoms with Crippen LogP contribution < -0.4 is 0 Å². The van der Waals surface area contributed by atoms with Gasteiger partial charge in [0.1, 0.15) is 5.82 Å². The molecule has 1 aliphatic rings. The first-order valence-corrected chi connectivity index (χ1v) is 9.54. The van der Waals surface area contributed by atoms with Crippen LogP contribution in [0.1, 0.15) is 60.3 Å². The third-order valence-electron chi connectivity index (χ3n) is 4.98. The zero-order valence-corrected chi connectivity index (χ0v) is 15.8. The number of carbonyl (C=O) groups excluding carboxylic acids is 1. The van der Waals surface area contributed by atoms with Gasteiger partial charge in [0.15, 0.2) is 0 Å². The Morgan fingerprint density at radius 2 is 2.24 bits per heavy atom. The number of nitrogens with zero attached hydrogens (tertiary/aromatic N) is 3. The summed E-state index contributed by atoms with van der Waals surface area (Å²) in [5.74, 6) is 1.53. The minimum Gasteiger partial charge on any atom is -0.338 e. The van der Waals surface area contributed by atoms with Crippen LogP contribution in [-0.2, 0) is 6.54 Å². The number of benzene rings is 1. The zero-order chi connectivity index (χ0) is 17.8. The Hall–Kier alpha value is -1.81. The van der Waals surface area contributed by atoms with Crippen molar-refractivity contribution in [3.63, 3.8) is 0 Å². The molecule has 1 amide bonds. The molecule has 0 N–H and O–H groups in total. The molecule has 1 fully saturated rings. The van der Waals surface area contributed by atoms with Crippen molar-refractivity contribution in [2.75, 3.05) is 13.1 Å². The smallest absolute Gasteiger partial charge is 0.253 e. The lowest BCUT2D eigenvalue weighted by Crippen LogP contribution is -2.39. The second-order valence-corrected chi connectivity index (χ2v) is 7.29. The van der Waals surface area contributed by atoms with Crippen LogP contribution in [0.4, 0.5) is 0 Å². The van der Waals surface area contributed by atoms with Gasteiger partial charge in [-0.3, -0.25) is 4.79 Å². The SMILES string of the molecule is CCCCn1ccnc1[C@H]1CCCN(C(=O)c2ccc(Cl)c(C)c2)C1. The maximum absolute atomic E-state index is 12.9. The lowest BCUT2D eigenvalue weighted by Gasteiger charge is -2.33. The fourth-order valence-corrected chi connectivity index (χ4v) is 3.65. The number of likely N-dealkylation sites (tertiary alicyclic amines) is 1. The van der Waals surface area contributed by atoms with Crippen LogP contribution in [0.3, 0.4) is 0 Å². The Labute approximate surface area is 154 Å². The summed E-state index contributed by atoms with van der Waals surface area (Å²) >= 11 is 6.08. The Morgan fingerprint density at radius 1 is 1.40 bits per heavy atom. The van der Waals surface area contributed by atoms with Crippen molar-refractivity contribution in [3.8, 4) is 0 Å². The Morgan fingerprint density at radius 3 is 3.00 bits per heavy atom. The number of aryl methyl sites for hydroxylation is 2. The van der Waals surface area contributed by atoms with E-state index in [0.717, 1.165) is 55.8 Å². The van der Waals surface area contributed by atoms with Gasteiger partial charge in [0.2, 0.25) is 0 Å². The number of imidazole rings is 1. The van der Waals surface area contributed by atoms with E-state index in [4.69, 9.17) is 11.6 Å². The van der Waals surface area contributed by atoms with Crippen LogP contribution in [0, 0.1) is 6.92 Å². The molecular weight excluding hydrogens is 334 g/mol. The van der Waals surface area contributed by atoms with Crippen molar-refractivity contribution in [3.05, 3.63) is 52.6 Å². The molecule has 1 atom stereocenters. The fraction of sp³-hybridized carbons (Fsp3) is 0.500. The van der Waals surface area contributed by atoms with Gasteiger partial charge in [0, 0.05) is 48.5 Å². The maximum atomic E-state index is 12.9. The van der Waals surface area contributed by atoms with E-state index in [1.807, 2.05) is 36.2 Å². The molecule has 0 bridgehead atoms. The summed E-state index contributed by atoms with van der Waals surface area (Å²) in [4.78, 5) is 19.5. The maximum Gasteiger partial charge on any atom is 0.253 e. The Balaban J connectivity index is 1.73. The molecule has 1 aliphatic heterocycles. The van der Waals surface area contributed by atoms with Crippen molar-refractivity contribution < 1.29 is 4.79 Å². The zero-order valence-electron chi connectivity index (χ0n) is 15.0. The van der Waals surface area contributed by atoms with Crippen molar-refractivity contribution in [1.82, 2.24) is 14.5 Å². The van der Waals surface area contributed by atoms with E-state index in [9.17, 15) is 4.79 Å². The van der Waals surface area contributed by atoms with Gasteiger partial charge in [-0.15, -0.1) is 0 Å². The first-order chi connectivity index (χ1) is 12.1. The highest BCUT2D eigenvalue weighted by atomic mass is 35.5. The molecule has 1 aromatic heterocycles. The summed E-state index contributed by atoms with van der Waals surface area (Å²) < 4.78 is 2.26. The molecule has 0 saturated carbocycles. The number of hydrogen-bond acceptors (Lipinski definition) is 2. The van der Waals surface area contributed by atoms with Crippen LogP contribution >= 0.6 is 11.6 Å². The third kappa shape index (κ3) is 4.06.